The van der Waals surface area contributed by atoms with E-state index in [9.17, 15) is 22.8 Å². The number of alkyl halides is 2. The van der Waals surface area contributed by atoms with Gasteiger partial charge in [-0.3, -0.25) is 14.9 Å². The van der Waals surface area contributed by atoms with Gasteiger partial charge >= 0.3 is 0 Å². The topological polar surface area (TPSA) is 75.2 Å². The standard InChI is InChI=1S/C20H17F3N4O2/c21-12-7-24-18(25-8-12)26-16(28)9-27-10-19(6-15(19)22)14-5-11(20(23)3-4-20)1-2-13(14)17(27)29/h1-2,5,7-8,15H,3-4,6,9-10H2,(H,24,25,26,28)/t15?,19-/m0/s1. The minimum atomic E-state index is -1.37. The van der Waals surface area contributed by atoms with E-state index in [1.54, 1.807) is 12.1 Å². The molecule has 2 aliphatic carbocycles. The first-order chi connectivity index (χ1) is 13.8. The molecule has 9 heteroatoms. The van der Waals surface area contributed by atoms with E-state index in [0.717, 1.165) is 12.4 Å². The van der Waals surface area contributed by atoms with Gasteiger partial charge in [0.1, 0.15) is 18.4 Å². The van der Waals surface area contributed by atoms with E-state index in [2.05, 4.69) is 15.3 Å². The van der Waals surface area contributed by atoms with Crippen molar-refractivity contribution < 1.29 is 22.8 Å². The smallest absolute Gasteiger partial charge is 0.254 e. The third kappa shape index (κ3) is 2.95. The van der Waals surface area contributed by atoms with Gasteiger partial charge in [0, 0.05) is 17.5 Å². The van der Waals surface area contributed by atoms with Crippen molar-refractivity contribution >= 4 is 17.8 Å². The fourth-order valence-corrected chi connectivity index (χ4v) is 4.03. The SMILES string of the molecule is O=C(CN1C[C@@]2(CC2F)c2cc(C3(F)CC3)ccc2C1=O)Nc1ncc(F)cn1. The Morgan fingerprint density at radius 2 is 1.97 bits per heavy atom. The van der Waals surface area contributed by atoms with Crippen LogP contribution in [0.25, 0.3) is 0 Å². The number of hydrogen-bond donors (Lipinski definition) is 1. The number of nitrogens with zero attached hydrogens (tertiary/aromatic N) is 3. The number of aromatic nitrogens is 2. The van der Waals surface area contributed by atoms with Crippen LogP contribution in [0.2, 0.25) is 0 Å². The summed E-state index contributed by atoms with van der Waals surface area (Å²) >= 11 is 0. The van der Waals surface area contributed by atoms with Crippen molar-refractivity contribution in [2.75, 3.05) is 18.4 Å². The Bertz CT molecular complexity index is 1020. The molecule has 6 nitrogen and oxygen atoms in total. The molecule has 1 aromatic carbocycles. The summed E-state index contributed by atoms with van der Waals surface area (Å²) in [6, 6.07) is 4.74. The van der Waals surface area contributed by atoms with Crippen LogP contribution in [-0.2, 0) is 15.9 Å². The van der Waals surface area contributed by atoms with Gasteiger partial charge in [0.05, 0.1) is 12.4 Å². The molecule has 2 atom stereocenters. The summed E-state index contributed by atoms with van der Waals surface area (Å²) in [5.74, 6) is -1.71. The number of nitrogens with one attached hydrogen (secondary N) is 1. The summed E-state index contributed by atoms with van der Waals surface area (Å²) in [6.07, 6.45) is 1.77. The van der Waals surface area contributed by atoms with Crippen LogP contribution in [0.1, 0.15) is 40.7 Å². The third-order valence-corrected chi connectivity index (χ3v) is 5.94. The molecule has 29 heavy (non-hydrogen) atoms. The number of anilines is 1. The molecule has 0 bridgehead atoms. The second-order valence-electron chi connectivity index (χ2n) is 7.99. The van der Waals surface area contributed by atoms with Crippen LogP contribution in [0.4, 0.5) is 19.1 Å². The molecule has 2 heterocycles. The second-order valence-corrected chi connectivity index (χ2v) is 7.99. The molecular formula is C20H17F3N4O2. The Labute approximate surface area is 164 Å². The molecule has 1 N–H and O–H groups in total. The summed E-state index contributed by atoms with van der Waals surface area (Å²) in [5, 5.41) is 2.39. The van der Waals surface area contributed by atoms with Crippen LogP contribution in [0.5, 0.6) is 0 Å². The lowest BCUT2D eigenvalue weighted by molar-refractivity contribution is -0.117. The van der Waals surface area contributed by atoms with Gasteiger partial charge < -0.3 is 4.90 Å². The molecule has 0 radical (unpaired) electrons. The third-order valence-electron chi connectivity index (χ3n) is 5.94. The van der Waals surface area contributed by atoms with Crippen molar-refractivity contribution in [3.05, 3.63) is 53.1 Å². The Morgan fingerprint density at radius 1 is 1.28 bits per heavy atom. The predicted octanol–water partition coefficient (Wildman–Crippen LogP) is 2.65. The van der Waals surface area contributed by atoms with E-state index in [0.29, 0.717) is 29.5 Å². The van der Waals surface area contributed by atoms with E-state index in [4.69, 9.17) is 0 Å². The molecule has 0 saturated heterocycles. The van der Waals surface area contributed by atoms with Crippen molar-refractivity contribution in [1.82, 2.24) is 14.9 Å². The van der Waals surface area contributed by atoms with Crippen LogP contribution in [0.15, 0.2) is 30.6 Å². The molecular weight excluding hydrogens is 385 g/mol. The van der Waals surface area contributed by atoms with Gasteiger partial charge in [0.2, 0.25) is 11.9 Å². The van der Waals surface area contributed by atoms with Gasteiger partial charge in [-0.2, -0.15) is 0 Å². The highest BCUT2D eigenvalue weighted by Gasteiger charge is 2.61. The predicted molar refractivity (Wildman–Crippen MR) is 96.2 cm³/mol. The number of halogens is 3. The minimum absolute atomic E-state index is 0.0421. The summed E-state index contributed by atoms with van der Waals surface area (Å²) in [6.45, 7) is -0.275. The largest absolute Gasteiger partial charge is 0.328 e. The Kier molecular flexibility index (Phi) is 3.75. The fourth-order valence-electron chi connectivity index (χ4n) is 4.03. The van der Waals surface area contributed by atoms with Gasteiger partial charge in [-0.15, -0.1) is 0 Å². The molecule has 1 aliphatic heterocycles. The lowest BCUT2D eigenvalue weighted by atomic mass is 9.84. The Morgan fingerprint density at radius 3 is 2.59 bits per heavy atom. The van der Waals surface area contributed by atoms with E-state index < -0.39 is 34.9 Å². The highest BCUT2D eigenvalue weighted by atomic mass is 19.1. The maximum Gasteiger partial charge on any atom is 0.254 e. The van der Waals surface area contributed by atoms with Gasteiger partial charge in [-0.1, -0.05) is 12.1 Å². The molecule has 2 fully saturated rings. The van der Waals surface area contributed by atoms with E-state index in [1.165, 1.54) is 11.0 Å². The van der Waals surface area contributed by atoms with E-state index >= 15 is 0 Å². The number of benzene rings is 1. The summed E-state index contributed by atoms with van der Waals surface area (Å²) in [7, 11) is 0. The normalized spacial score (nSPS) is 26.2. The molecule has 2 amide bonds. The van der Waals surface area contributed by atoms with E-state index in [1.807, 2.05) is 0 Å². The second kappa shape index (κ2) is 6.01. The summed E-state index contributed by atoms with van der Waals surface area (Å²) in [4.78, 5) is 33.8. The van der Waals surface area contributed by atoms with Gasteiger partial charge in [0.25, 0.3) is 5.91 Å². The first-order valence-corrected chi connectivity index (χ1v) is 9.35. The lowest BCUT2D eigenvalue weighted by Gasteiger charge is -2.34. The van der Waals surface area contributed by atoms with Gasteiger partial charge in [-0.05, 0) is 36.5 Å². The van der Waals surface area contributed by atoms with Crippen LogP contribution in [-0.4, -0.2) is 45.9 Å². The monoisotopic (exact) mass is 402 g/mol. The first kappa shape index (κ1) is 18.1. The molecule has 1 unspecified atom stereocenters. The number of hydrogen-bond acceptors (Lipinski definition) is 4. The molecule has 1 spiro atoms. The van der Waals surface area contributed by atoms with E-state index in [-0.39, 0.29) is 25.5 Å². The number of carbonyl (C=O) groups is 2. The average Bonchev–Trinajstić information content (AvgIpc) is 3.59. The molecule has 3 aliphatic rings. The van der Waals surface area contributed by atoms with Crippen LogP contribution >= 0.6 is 0 Å². The molecule has 1 aromatic heterocycles. The van der Waals surface area contributed by atoms with Crippen LogP contribution in [0, 0.1) is 5.82 Å². The number of amides is 2. The Hall–Kier alpha value is -2.97. The lowest BCUT2D eigenvalue weighted by Crippen LogP contribution is -2.47. The maximum atomic E-state index is 14.5. The number of carbonyl (C=O) groups excluding carboxylic acids is 2. The number of rotatable bonds is 4. The van der Waals surface area contributed by atoms with Crippen molar-refractivity contribution in [2.24, 2.45) is 0 Å². The highest BCUT2D eigenvalue weighted by molar-refractivity contribution is 6.01. The molecule has 2 saturated carbocycles. The summed E-state index contributed by atoms with van der Waals surface area (Å²) in [5.41, 5.74) is -0.934. The Balaban J connectivity index is 1.39. The zero-order valence-electron chi connectivity index (χ0n) is 15.3. The quantitative estimate of drug-likeness (QED) is 0.853. The van der Waals surface area contributed by atoms with Crippen molar-refractivity contribution in [3.63, 3.8) is 0 Å². The zero-order chi connectivity index (χ0) is 20.4. The minimum Gasteiger partial charge on any atom is -0.328 e. The first-order valence-electron chi connectivity index (χ1n) is 9.35. The summed E-state index contributed by atoms with van der Waals surface area (Å²) < 4.78 is 41.8. The van der Waals surface area contributed by atoms with Crippen molar-refractivity contribution in [3.8, 4) is 0 Å². The highest BCUT2D eigenvalue weighted by Crippen LogP contribution is 2.57. The van der Waals surface area contributed by atoms with Crippen molar-refractivity contribution in [1.29, 1.82) is 0 Å². The molecule has 2 aromatic rings. The van der Waals surface area contributed by atoms with Gasteiger partial charge in [0.15, 0.2) is 5.82 Å². The number of fused-ring (bicyclic) bond motifs is 2. The van der Waals surface area contributed by atoms with Gasteiger partial charge in [-0.25, -0.2) is 23.1 Å². The fraction of sp³-hybridized carbons (Fsp3) is 0.400. The van der Waals surface area contributed by atoms with Crippen LogP contribution in [0.3, 0.4) is 0 Å². The average molecular weight is 402 g/mol. The molecule has 150 valence electrons. The maximum absolute atomic E-state index is 14.5. The zero-order valence-corrected chi connectivity index (χ0v) is 15.3. The van der Waals surface area contributed by atoms with Crippen molar-refractivity contribution in [2.45, 2.75) is 36.5 Å². The molecule has 5 rings (SSSR count). The van der Waals surface area contributed by atoms with Crippen LogP contribution < -0.4 is 5.32 Å².